The Kier molecular flexibility index (Phi) is 8.38. The van der Waals surface area contributed by atoms with Crippen LogP contribution in [0.3, 0.4) is 0 Å². The maximum Gasteiger partial charge on any atom is 0.330 e. The van der Waals surface area contributed by atoms with Gasteiger partial charge in [0.1, 0.15) is 17.3 Å². The molecule has 2 unspecified atom stereocenters. The first-order chi connectivity index (χ1) is 12.5. The molecule has 0 aromatic carbocycles. The summed E-state index contributed by atoms with van der Waals surface area (Å²) in [6, 6.07) is 0. The van der Waals surface area contributed by atoms with Crippen molar-refractivity contribution in [3.8, 4) is 0 Å². The van der Waals surface area contributed by atoms with Crippen molar-refractivity contribution in [3.63, 3.8) is 0 Å². The van der Waals surface area contributed by atoms with E-state index in [0.717, 1.165) is 6.42 Å². The average molecular weight is 380 g/mol. The molecule has 1 aliphatic carbocycles. The van der Waals surface area contributed by atoms with Crippen molar-refractivity contribution in [2.45, 2.75) is 78.7 Å². The number of ether oxygens (including phenoxy) is 2. The zero-order valence-corrected chi connectivity index (χ0v) is 17.1. The molecule has 6 heteroatoms. The van der Waals surface area contributed by atoms with E-state index in [0.29, 0.717) is 19.3 Å². The monoisotopic (exact) mass is 380 g/mol. The summed E-state index contributed by atoms with van der Waals surface area (Å²) in [5.41, 5.74) is -1.31. The van der Waals surface area contributed by atoms with Crippen molar-refractivity contribution in [2.24, 2.45) is 11.3 Å². The maximum atomic E-state index is 12.5. The SMILES string of the molecule is CCCC1(CC/C=C/C(=O)OC(C)(C)C)CC(=O)CC(=O)C1C(=O)OCC. The van der Waals surface area contributed by atoms with Gasteiger partial charge in [-0.15, -0.1) is 0 Å². The molecule has 2 atom stereocenters. The molecule has 1 aliphatic rings. The molecular weight excluding hydrogens is 348 g/mol. The fourth-order valence-corrected chi connectivity index (χ4v) is 3.78. The third-order valence-electron chi connectivity index (χ3n) is 4.59. The first-order valence-electron chi connectivity index (χ1n) is 9.65. The minimum absolute atomic E-state index is 0.134. The van der Waals surface area contributed by atoms with Gasteiger partial charge in [0.25, 0.3) is 0 Å². The number of Topliss-reactive ketones (excluding diaryl/α,β-unsaturated/α-hetero) is 2. The normalized spacial score (nSPS) is 23.5. The van der Waals surface area contributed by atoms with E-state index in [1.54, 1.807) is 33.8 Å². The summed E-state index contributed by atoms with van der Waals surface area (Å²) in [4.78, 5) is 48.9. The summed E-state index contributed by atoms with van der Waals surface area (Å²) < 4.78 is 10.3. The molecule has 0 amide bonds. The van der Waals surface area contributed by atoms with Gasteiger partial charge >= 0.3 is 11.9 Å². The fraction of sp³-hybridized carbons (Fsp3) is 0.714. The van der Waals surface area contributed by atoms with Gasteiger partial charge in [-0.1, -0.05) is 19.4 Å². The summed E-state index contributed by atoms with van der Waals surface area (Å²) >= 11 is 0. The molecule has 152 valence electrons. The predicted octanol–water partition coefficient (Wildman–Crippen LogP) is 3.56. The Morgan fingerprint density at radius 3 is 2.41 bits per heavy atom. The molecule has 0 aromatic heterocycles. The van der Waals surface area contributed by atoms with Crippen LogP contribution in [0.15, 0.2) is 12.2 Å². The molecule has 1 saturated carbocycles. The lowest BCUT2D eigenvalue weighted by Gasteiger charge is -2.41. The van der Waals surface area contributed by atoms with Gasteiger partial charge in [-0.2, -0.15) is 0 Å². The topological polar surface area (TPSA) is 86.7 Å². The Hall–Kier alpha value is -1.98. The van der Waals surface area contributed by atoms with Crippen molar-refractivity contribution in [3.05, 3.63) is 12.2 Å². The zero-order valence-electron chi connectivity index (χ0n) is 17.1. The number of esters is 2. The summed E-state index contributed by atoms with van der Waals surface area (Å²) in [5.74, 6) is -2.38. The number of rotatable bonds is 8. The van der Waals surface area contributed by atoms with Crippen molar-refractivity contribution < 1.29 is 28.7 Å². The van der Waals surface area contributed by atoms with E-state index in [1.165, 1.54) is 6.08 Å². The summed E-state index contributed by atoms with van der Waals surface area (Å²) in [7, 11) is 0. The molecule has 0 N–H and O–H groups in total. The van der Waals surface area contributed by atoms with Gasteiger partial charge in [-0.05, 0) is 52.4 Å². The maximum absolute atomic E-state index is 12.5. The molecule has 0 heterocycles. The molecule has 6 nitrogen and oxygen atoms in total. The lowest BCUT2D eigenvalue weighted by Crippen LogP contribution is -2.48. The first-order valence-corrected chi connectivity index (χ1v) is 9.65. The van der Waals surface area contributed by atoms with Crippen LogP contribution in [0.25, 0.3) is 0 Å². The van der Waals surface area contributed by atoms with Gasteiger partial charge in [0.2, 0.25) is 0 Å². The van der Waals surface area contributed by atoms with Crippen molar-refractivity contribution in [1.29, 1.82) is 0 Å². The van der Waals surface area contributed by atoms with Gasteiger partial charge in [0, 0.05) is 12.5 Å². The van der Waals surface area contributed by atoms with Crippen molar-refractivity contribution in [2.75, 3.05) is 6.61 Å². The molecule has 0 aromatic rings. The molecule has 0 aliphatic heterocycles. The zero-order chi connectivity index (χ0) is 20.7. The van der Waals surface area contributed by atoms with E-state index < -0.39 is 28.9 Å². The van der Waals surface area contributed by atoms with Gasteiger partial charge in [0.05, 0.1) is 13.0 Å². The fourth-order valence-electron chi connectivity index (χ4n) is 3.78. The van der Waals surface area contributed by atoms with Crippen LogP contribution in [0.1, 0.15) is 73.1 Å². The van der Waals surface area contributed by atoms with E-state index in [-0.39, 0.29) is 31.0 Å². The average Bonchev–Trinajstić information content (AvgIpc) is 2.49. The van der Waals surface area contributed by atoms with Crippen LogP contribution in [-0.2, 0) is 28.7 Å². The third kappa shape index (κ3) is 6.92. The molecule has 0 saturated heterocycles. The van der Waals surface area contributed by atoms with Gasteiger partial charge in [-0.3, -0.25) is 14.4 Å². The predicted molar refractivity (Wildman–Crippen MR) is 101 cm³/mol. The lowest BCUT2D eigenvalue weighted by atomic mass is 9.61. The standard InChI is InChI=1S/C21H32O6/c1-6-11-21(12-9-8-10-17(24)27-20(3,4)5)14-15(22)13-16(23)18(21)19(25)26-7-2/h8,10,18H,6-7,9,11-14H2,1-5H3/b10-8+. The second kappa shape index (κ2) is 9.81. The van der Waals surface area contributed by atoms with Crippen LogP contribution in [0, 0.1) is 11.3 Å². The van der Waals surface area contributed by atoms with Crippen LogP contribution < -0.4 is 0 Å². The quantitative estimate of drug-likeness (QED) is 0.363. The van der Waals surface area contributed by atoms with Crippen molar-refractivity contribution >= 4 is 23.5 Å². The van der Waals surface area contributed by atoms with E-state index in [2.05, 4.69) is 0 Å². The van der Waals surface area contributed by atoms with Crippen LogP contribution in [0.2, 0.25) is 0 Å². The highest BCUT2D eigenvalue weighted by Gasteiger charge is 2.51. The minimum Gasteiger partial charge on any atom is -0.465 e. The number of hydrogen-bond donors (Lipinski definition) is 0. The second-order valence-corrected chi connectivity index (χ2v) is 8.13. The minimum atomic E-state index is -0.912. The Labute approximate surface area is 161 Å². The third-order valence-corrected chi connectivity index (χ3v) is 4.59. The van der Waals surface area contributed by atoms with E-state index in [1.807, 2.05) is 6.92 Å². The summed E-state index contributed by atoms with van der Waals surface area (Å²) in [5, 5.41) is 0. The number of allylic oxidation sites excluding steroid dienone is 1. The molecular formula is C21H32O6. The molecule has 1 rings (SSSR count). The second-order valence-electron chi connectivity index (χ2n) is 8.13. The Morgan fingerprint density at radius 2 is 1.85 bits per heavy atom. The molecule has 0 bridgehead atoms. The van der Waals surface area contributed by atoms with E-state index in [9.17, 15) is 19.2 Å². The van der Waals surface area contributed by atoms with E-state index in [4.69, 9.17) is 9.47 Å². The van der Waals surface area contributed by atoms with Crippen LogP contribution in [0.5, 0.6) is 0 Å². The van der Waals surface area contributed by atoms with Gasteiger partial charge in [0.15, 0.2) is 5.78 Å². The van der Waals surface area contributed by atoms with Gasteiger partial charge < -0.3 is 9.47 Å². The molecule has 1 fully saturated rings. The van der Waals surface area contributed by atoms with Gasteiger partial charge in [-0.25, -0.2) is 4.79 Å². The number of hydrogen-bond acceptors (Lipinski definition) is 6. The largest absolute Gasteiger partial charge is 0.465 e. The number of ketones is 2. The van der Waals surface area contributed by atoms with Crippen LogP contribution in [-0.4, -0.2) is 35.7 Å². The molecule has 0 radical (unpaired) electrons. The molecule has 0 spiro atoms. The summed E-state index contributed by atoms with van der Waals surface area (Å²) in [6.07, 6.45) is 5.27. The molecule has 27 heavy (non-hydrogen) atoms. The van der Waals surface area contributed by atoms with E-state index >= 15 is 0 Å². The lowest BCUT2D eigenvalue weighted by molar-refractivity contribution is -0.162. The van der Waals surface area contributed by atoms with Crippen molar-refractivity contribution in [1.82, 2.24) is 0 Å². The Balaban J connectivity index is 2.95. The highest BCUT2D eigenvalue weighted by atomic mass is 16.6. The van der Waals surface area contributed by atoms with Crippen LogP contribution >= 0.6 is 0 Å². The highest BCUT2D eigenvalue weighted by molar-refractivity contribution is 6.11. The summed E-state index contributed by atoms with van der Waals surface area (Å²) in [6.45, 7) is 9.22. The Bertz CT molecular complexity index is 598. The first kappa shape index (κ1) is 23.1. The smallest absolute Gasteiger partial charge is 0.330 e. The highest BCUT2D eigenvalue weighted by Crippen LogP contribution is 2.46. The number of carbonyl (C=O) groups is 4. The van der Waals surface area contributed by atoms with Crippen LogP contribution in [0.4, 0.5) is 0 Å². The Morgan fingerprint density at radius 1 is 1.19 bits per heavy atom. The number of carbonyl (C=O) groups excluding carboxylic acids is 4.